The molecule has 38 heavy (non-hydrogen) atoms. The van der Waals surface area contributed by atoms with Crippen LogP contribution in [0.1, 0.15) is 39.5 Å². The van der Waals surface area contributed by atoms with Crippen LogP contribution in [-0.2, 0) is 4.79 Å². The Morgan fingerprint density at radius 2 is 1.97 bits per heavy atom. The molecular weight excluding hydrogens is 476 g/mol. The van der Waals surface area contributed by atoms with Crippen LogP contribution >= 0.6 is 0 Å². The zero-order chi connectivity index (χ0) is 26.5. The fourth-order valence-electron chi connectivity index (χ4n) is 4.26. The summed E-state index contributed by atoms with van der Waals surface area (Å²) in [5, 5.41) is 9.16. The molecule has 0 radical (unpaired) electrons. The van der Waals surface area contributed by atoms with Gasteiger partial charge in [-0.2, -0.15) is 0 Å². The Hall–Kier alpha value is -5.11. The molecular formula is C30H26N6O2. The fraction of sp³-hybridized carbons (Fsp3) is 0.100. The van der Waals surface area contributed by atoms with E-state index in [2.05, 4.69) is 37.5 Å². The minimum atomic E-state index is -0.233. The number of amides is 2. The monoisotopic (exact) mass is 502 g/mol. The standard InChI is InChI=1S/C30H26N6O2/c1-3-28(37)34-26-8-4-6-20-16-21(10-12-24(20)26)29(38)33-23-11-9-19(2)27(17-23)36-30-32-15-13-25(35-30)22-7-5-14-31-18-22/h3-7,9-18,26H,1,8H2,2H3,(H,33,38)(H,34,37)(H,32,35,36). The third-order valence-electron chi connectivity index (χ3n) is 6.25. The maximum absolute atomic E-state index is 13.1. The van der Waals surface area contributed by atoms with E-state index in [0.717, 1.165) is 33.6 Å². The molecule has 1 aliphatic carbocycles. The van der Waals surface area contributed by atoms with Gasteiger partial charge in [0.1, 0.15) is 0 Å². The summed E-state index contributed by atoms with van der Waals surface area (Å²) >= 11 is 0. The lowest BCUT2D eigenvalue weighted by atomic mass is 9.91. The topological polar surface area (TPSA) is 109 Å². The number of fused-ring (bicyclic) bond motifs is 1. The predicted molar refractivity (Wildman–Crippen MR) is 149 cm³/mol. The van der Waals surface area contributed by atoms with Crippen molar-refractivity contribution in [2.75, 3.05) is 10.6 Å². The molecule has 5 rings (SSSR count). The van der Waals surface area contributed by atoms with Gasteiger partial charge in [0.2, 0.25) is 11.9 Å². The van der Waals surface area contributed by atoms with Gasteiger partial charge >= 0.3 is 0 Å². The van der Waals surface area contributed by atoms with Crippen molar-refractivity contribution in [1.82, 2.24) is 20.3 Å². The SMILES string of the molecule is C=CC(=O)NC1CC=Cc2cc(C(=O)Nc3ccc(C)c(Nc4nccc(-c5cccnc5)n4)c3)ccc21. The molecule has 0 spiro atoms. The van der Waals surface area contributed by atoms with Crippen LogP contribution < -0.4 is 16.0 Å². The summed E-state index contributed by atoms with van der Waals surface area (Å²) in [7, 11) is 0. The lowest BCUT2D eigenvalue weighted by Gasteiger charge is -2.23. The number of nitrogens with one attached hydrogen (secondary N) is 3. The fourth-order valence-corrected chi connectivity index (χ4v) is 4.26. The first-order chi connectivity index (χ1) is 18.5. The quantitative estimate of drug-likeness (QED) is 0.284. The number of aryl methyl sites for hydroxylation is 1. The summed E-state index contributed by atoms with van der Waals surface area (Å²) in [5.41, 5.74) is 6.42. The van der Waals surface area contributed by atoms with E-state index in [1.807, 2.05) is 67.6 Å². The van der Waals surface area contributed by atoms with Crippen molar-refractivity contribution in [3.63, 3.8) is 0 Å². The number of benzene rings is 2. The van der Waals surface area contributed by atoms with Gasteiger partial charge in [0.15, 0.2) is 0 Å². The smallest absolute Gasteiger partial charge is 0.255 e. The highest BCUT2D eigenvalue weighted by Gasteiger charge is 2.19. The zero-order valence-electron chi connectivity index (χ0n) is 20.8. The van der Waals surface area contributed by atoms with E-state index >= 15 is 0 Å². The molecule has 0 aliphatic heterocycles. The Labute approximate surface area is 220 Å². The van der Waals surface area contributed by atoms with Crippen molar-refractivity contribution in [2.45, 2.75) is 19.4 Å². The van der Waals surface area contributed by atoms with Gasteiger partial charge in [0, 0.05) is 41.1 Å². The predicted octanol–water partition coefficient (Wildman–Crippen LogP) is 5.60. The first kappa shape index (κ1) is 24.6. The molecule has 2 aromatic carbocycles. The van der Waals surface area contributed by atoms with E-state index in [-0.39, 0.29) is 17.9 Å². The lowest BCUT2D eigenvalue weighted by molar-refractivity contribution is -0.117. The number of carbonyl (C=O) groups excluding carboxylic acids is 2. The second-order valence-electron chi connectivity index (χ2n) is 8.86. The van der Waals surface area contributed by atoms with Gasteiger partial charge in [0.05, 0.1) is 11.7 Å². The molecule has 3 N–H and O–H groups in total. The lowest BCUT2D eigenvalue weighted by Crippen LogP contribution is -2.28. The highest BCUT2D eigenvalue weighted by Crippen LogP contribution is 2.29. The van der Waals surface area contributed by atoms with Crippen molar-refractivity contribution in [3.8, 4) is 11.3 Å². The minimum Gasteiger partial charge on any atom is -0.345 e. The van der Waals surface area contributed by atoms with Crippen LogP contribution in [0.3, 0.4) is 0 Å². The minimum absolute atomic E-state index is 0.151. The van der Waals surface area contributed by atoms with Gasteiger partial charge in [-0.3, -0.25) is 14.6 Å². The molecule has 2 aromatic heterocycles. The normalized spacial score (nSPS) is 13.8. The molecule has 8 nitrogen and oxygen atoms in total. The second-order valence-corrected chi connectivity index (χ2v) is 8.86. The van der Waals surface area contributed by atoms with Crippen LogP contribution in [-0.4, -0.2) is 26.8 Å². The summed E-state index contributed by atoms with van der Waals surface area (Å²) in [5.74, 6) is -0.0170. The average molecular weight is 503 g/mol. The van der Waals surface area contributed by atoms with Crippen molar-refractivity contribution in [3.05, 3.63) is 114 Å². The number of pyridine rings is 1. The van der Waals surface area contributed by atoms with Crippen LogP contribution in [0, 0.1) is 6.92 Å². The number of nitrogens with zero attached hydrogens (tertiary/aromatic N) is 3. The molecule has 0 bridgehead atoms. The summed E-state index contributed by atoms with van der Waals surface area (Å²) in [6, 6.07) is 16.6. The van der Waals surface area contributed by atoms with Crippen molar-refractivity contribution >= 4 is 35.2 Å². The second kappa shape index (κ2) is 10.9. The van der Waals surface area contributed by atoms with E-state index in [1.54, 1.807) is 24.7 Å². The summed E-state index contributed by atoms with van der Waals surface area (Å²) in [6.45, 7) is 5.48. The Morgan fingerprint density at radius 3 is 2.79 bits per heavy atom. The Morgan fingerprint density at radius 1 is 1.08 bits per heavy atom. The number of carbonyl (C=O) groups is 2. The largest absolute Gasteiger partial charge is 0.345 e. The summed E-state index contributed by atoms with van der Waals surface area (Å²) in [4.78, 5) is 38.0. The summed E-state index contributed by atoms with van der Waals surface area (Å²) in [6.07, 6.45) is 11.1. The maximum Gasteiger partial charge on any atom is 0.255 e. The zero-order valence-corrected chi connectivity index (χ0v) is 20.8. The van der Waals surface area contributed by atoms with Crippen LogP contribution in [0.25, 0.3) is 17.3 Å². The Kier molecular flexibility index (Phi) is 7.04. The number of anilines is 3. The highest BCUT2D eigenvalue weighted by atomic mass is 16.2. The Balaban J connectivity index is 1.32. The molecule has 8 heteroatoms. The number of aromatic nitrogens is 3. The molecule has 0 fully saturated rings. The van der Waals surface area contributed by atoms with E-state index < -0.39 is 0 Å². The van der Waals surface area contributed by atoms with E-state index in [9.17, 15) is 9.59 Å². The van der Waals surface area contributed by atoms with Gasteiger partial charge in [-0.15, -0.1) is 0 Å². The van der Waals surface area contributed by atoms with Crippen molar-refractivity contribution in [2.24, 2.45) is 0 Å². The molecule has 1 aliphatic rings. The molecule has 2 heterocycles. The molecule has 0 saturated heterocycles. The van der Waals surface area contributed by atoms with E-state index in [0.29, 0.717) is 23.6 Å². The number of hydrogen-bond acceptors (Lipinski definition) is 6. The molecule has 0 saturated carbocycles. The molecule has 4 aromatic rings. The van der Waals surface area contributed by atoms with Gasteiger partial charge in [-0.25, -0.2) is 9.97 Å². The van der Waals surface area contributed by atoms with Gasteiger partial charge in [-0.1, -0.05) is 30.9 Å². The van der Waals surface area contributed by atoms with E-state index in [4.69, 9.17) is 0 Å². The van der Waals surface area contributed by atoms with Crippen molar-refractivity contribution < 1.29 is 9.59 Å². The van der Waals surface area contributed by atoms with Gasteiger partial charge < -0.3 is 16.0 Å². The van der Waals surface area contributed by atoms with Crippen LogP contribution in [0.4, 0.5) is 17.3 Å². The Bertz CT molecular complexity index is 1550. The first-order valence-electron chi connectivity index (χ1n) is 12.2. The maximum atomic E-state index is 13.1. The summed E-state index contributed by atoms with van der Waals surface area (Å²) < 4.78 is 0. The molecule has 1 unspecified atom stereocenters. The molecule has 2 amide bonds. The van der Waals surface area contributed by atoms with Gasteiger partial charge in [-0.05, 0) is 78.6 Å². The molecule has 1 atom stereocenters. The van der Waals surface area contributed by atoms with Crippen LogP contribution in [0.5, 0.6) is 0 Å². The third kappa shape index (κ3) is 5.49. The number of hydrogen-bond donors (Lipinski definition) is 3. The van der Waals surface area contributed by atoms with Crippen molar-refractivity contribution in [1.29, 1.82) is 0 Å². The highest BCUT2D eigenvalue weighted by molar-refractivity contribution is 6.05. The first-order valence-corrected chi connectivity index (χ1v) is 12.2. The number of rotatable bonds is 7. The van der Waals surface area contributed by atoms with Gasteiger partial charge in [0.25, 0.3) is 5.91 Å². The van der Waals surface area contributed by atoms with Crippen LogP contribution in [0.2, 0.25) is 0 Å². The van der Waals surface area contributed by atoms with Crippen LogP contribution in [0.15, 0.2) is 91.9 Å². The molecule has 188 valence electrons. The van der Waals surface area contributed by atoms with E-state index in [1.165, 1.54) is 6.08 Å². The third-order valence-corrected chi connectivity index (χ3v) is 6.25. The average Bonchev–Trinajstić information content (AvgIpc) is 2.95.